The molecule has 0 radical (unpaired) electrons. The van der Waals surface area contributed by atoms with Gasteiger partial charge in [-0.1, -0.05) is 29.8 Å². The second kappa shape index (κ2) is 12.0. The Hall–Kier alpha value is -3.34. The summed E-state index contributed by atoms with van der Waals surface area (Å²) >= 11 is 10.2. The number of aryl methyl sites for hydroxylation is 1. The van der Waals surface area contributed by atoms with E-state index < -0.39 is 23.6 Å². The smallest absolute Gasteiger partial charge is 0.294 e. The summed E-state index contributed by atoms with van der Waals surface area (Å²) in [5.41, 5.74) is 2.50. The van der Waals surface area contributed by atoms with Gasteiger partial charge in [0.25, 0.3) is 11.1 Å². The number of amides is 3. The third kappa shape index (κ3) is 6.56. The van der Waals surface area contributed by atoms with Crippen LogP contribution in [0.2, 0.25) is 5.02 Å². The van der Waals surface area contributed by atoms with Crippen molar-refractivity contribution in [1.82, 2.24) is 4.90 Å². The molecule has 1 saturated heterocycles. The molecule has 3 aromatic carbocycles. The average molecular weight is 620 g/mol. The molecule has 11 heteroatoms. The minimum absolute atomic E-state index is 0.113. The molecule has 1 heterocycles. The number of thioether (sulfide) groups is 1. The molecule has 1 aliphatic rings. The minimum Gasteiger partial charge on any atom is -0.493 e. The molecule has 0 aliphatic carbocycles. The van der Waals surface area contributed by atoms with Crippen molar-refractivity contribution >= 4 is 68.1 Å². The summed E-state index contributed by atoms with van der Waals surface area (Å²) in [7, 11) is 1.47. The first kappa shape index (κ1) is 27.7. The van der Waals surface area contributed by atoms with Crippen LogP contribution in [0.15, 0.2) is 64.0 Å². The summed E-state index contributed by atoms with van der Waals surface area (Å²) in [6, 6.07) is 14.5. The van der Waals surface area contributed by atoms with Gasteiger partial charge in [-0.2, -0.15) is 0 Å². The van der Waals surface area contributed by atoms with Gasteiger partial charge in [0, 0.05) is 10.7 Å². The molecular formula is C27H21BrClFN2O5S. The van der Waals surface area contributed by atoms with E-state index in [4.69, 9.17) is 21.1 Å². The number of nitrogens with zero attached hydrogens (tertiary/aromatic N) is 1. The predicted molar refractivity (Wildman–Crippen MR) is 149 cm³/mol. The van der Waals surface area contributed by atoms with Crippen molar-refractivity contribution in [3.63, 3.8) is 0 Å². The van der Waals surface area contributed by atoms with Crippen molar-refractivity contribution in [3.05, 3.63) is 91.5 Å². The van der Waals surface area contributed by atoms with Crippen LogP contribution in [0.5, 0.6) is 11.5 Å². The maximum atomic E-state index is 13.5. The fourth-order valence-corrected chi connectivity index (χ4v) is 5.18. The Kier molecular flexibility index (Phi) is 8.76. The lowest BCUT2D eigenvalue weighted by molar-refractivity contribution is -0.127. The van der Waals surface area contributed by atoms with Crippen LogP contribution in [-0.4, -0.2) is 35.6 Å². The van der Waals surface area contributed by atoms with Crippen LogP contribution in [0.3, 0.4) is 0 Å². The molecule has 1 fully saturated rings. The predicted octanol–water partition coefficient (Wildman–Crippen LogP) is 6.81. The quantitative estimate of drug-likeness (QED) is 0.279. The Bertz CT molecular complexity index is 1470. The highest BCUT2D eigenvalue weighted by atomic mass is 79.9. The highest BCUT2D eigenvalue weighted by molar-refractivity contribution is 9.10. The summed E-state index contributed by atoms with van der Waals surface area (Å²) in [6.45, 7) is 1.48. The molecule has 1 aliphatic heterocycles. The Morgan fingerprint density at radius 2 is 1.97 bits per heavy atom. The molecule has 38 heavy (non-hydrogen) atoms. The van der Waals surface area contributed by atoms with Crippen LogP contribution >= 0.6 is 39.3 Å². The topological polar surface area (TPSA) is 84.9 Å². The normalized spacial score (nSPS) is 14.2. The highest BCUT2D eigenvalue weighted by Crippen LogP contribution is 2.39. The van der Waals surface area contributed by atoms with Crippen molar-refractivity contribution in [2.75, 3.05) is 19.0 Å². The zero-order valence-corrected chi connectivity index (χ0v) is 23.4. The summed E-state index contributed by atoms with van der Waals surface area (Å²) in [6.07, 6.45) is 1.54. The number of carbonyl (C=O) groups is 3. The van der Waals surface area contributed by atoms with E-state index in [9.17, 15) is 18.8 Å². The number of nitrogens with one attached hydrogen (secondary N) is 1. The van der Waals surface area contributed by atoms with E-state index in [1.165, 1.54) is 25.3 Å². The van der Waals surface area contributed by atoms with Crippen molar-refractivity contribution in [2.24, 2.45) is 0 Å². The van der Waals surface area contributed by atoms with Gasteiger partial charge >= 0.3 is 0 Å². The van der Waals surface area contributed by atoms with Crippen molar-refractivity contribution in [2.45, 2.75) is 13.5 Å². The Labute approximate surface area is 236 Å². The largest absolute Gasteiger partial charge is 0.493 e. The third-order valence-electron chi connectivity index (χ3n) is 5.47. The first-order valence-electron chi connectivity index (χ1n) is 11.2. The number of benzene rings is 3. The number of carbonyl (C=O) groups excluding carboxylic acids is 3. The summed E-state index contributed by atoms with van der Waals surface area (Å²) in [4.78, 5) is 39.1. The number of imide groups is 1. The van der Waals surface area contributed by atoms with Gasteiger partial charge in [0.05, 0.1) is 16.5 Å². The molecule has 196 valence electrons. The van der Waals surface area contributed by atoms with Crippen LogP contribution in [0.1, 0.15) is 16.7 Å². The lowest BCUT2D eigenvalue weighted by atomic mass is 10.1. The Morgan fingerprint density at radius 3 is 2.71 bits per heavy atom. The van der Waals surface area contributed by atoms with Crippen molar-refractivity contribution in [3.8, 4) is 11.5 Å². The fourth-order valence-electron chi connectivity index (χ4n) is 3.60. The van der Waals surface area contributed by atoms with Crippen LogP contribution < -0.4 is 14.8 Å². The van der Waals surface area contributed by atoms with Gasteiger partial charge in [0.15, 0.2) is 11.5 Å². The van der Waals surface area contributed by atoms with E-state index in [0.29, 0.717) is 37.8 Å². The van der Waals surface area contributed by atoms with Gasteiger partial charge in [-0.25, -0.2) is 4.39 Å². The van der Waals surface area contributed by atoms with E-state index in [1.54, 1.807) is 49.4 Å². The zero-order valence-electron chi connectivity index (χ0n) is 20.2. The van der Waals surface area contributed by atoms with E-state index in [2.05, 4.69) is 21.2 Å². The first-order valence-corrected chi connectivity index (χ1v) is 13.2. The van der Waals surface area contributed by atoms with Gasteiger partial charge in [0.1, 0.15) is 19.0 Å². The number of halogens is 3. The molecular weight excluding hydrogens is 599 g/mol. The standard InChI is InChI=1S/C27H21BrClFN2O5S/c1-15-6-7-18(29)12-21(15)31-24(33)13-32-26(34)23(38-27(32)35)11-17-9-20(28)25(22(10-17)36-2)37-14-16-4-3-5-19(30)8-16/h3-12H,13-14H2,1-2H3,(H,31,33)/b23-11+. The first-order chi connectivity index (χ1) is 18.1. The molecule has 0 spiro atoms. The molecule has 0 unspecified atom stereocenters. The Balaban J connectivity index is 1.47. The SMILES string of the molecule is COc1cc(/C=C2/SC(=O)N(CC(=O)Nc3cc(Cl)ccc3C)C2=O)cc(Br)c1OCc1cccc(F)c1. The summed E-state index contributed by atoms with van der Waals surface area (Å²) < 4.78 is 25.3. The number of hydrogen-bond donors (Lipinski definition) is 1. The van der Waals surface area contributed by atoms with Gasteiger partial charge < -0.3 is 14.8 Å². The second-order valence-electron chi connectivity index (χ2n) is 8.23. The van der Waals surface area contributed by atoms with Crippen molar-refractivity contribution < 1.29 is 28.2 Å². The number of hydrogen-bond acceptors (Lipinski definition) is 6. The fraction of sp³-hybridized carbons (Fsp3) is 0.148. The maximum Gasteiger partial charge on any atom is 0.294 e. The number of methoxy groups -OCH3 is 1. The number of ether oxygens (including phenoxy) is 2. The van der Waals surface area contributed by atoms with E-state index in [0.717, 1.165) is 22.2 Å². The number of anilines is 1. The minimum atomic E-state index is -0.584. The molecule has 7 nitrogen and oxygen atoms in total. The Morgan fingerprint density at radius 1 is 1.18 bits per heavy atom. The van der Waals surface area contributed by atoms with Gasteiger partial charge in [-0.15, -0.1) is 0 Å². The molecule has 1 N–H and O–H groups in total. The molecule has 4 rings (SSSR count). The highest BCUT2D eigenvalue weighted by Gasteiger charge is 2.36. The zero-order chi connectivity index (χ0) is 27.4. The van der Waals surface area contributed by atoms with Gasteiger partial charge in [-0.3, -0.25) is 19.3 Å². The third-order valence-corrected chi connectivity index (χ3v) is 7.20. The number of rotatable bonds is 8. The van der Waals surface area contributed by atoms with E-state index in [1.807, 2.05) is 0 Å². The average Bonchev–Trinajstić information content (AvgIpc) is 3.12. The summed E-state index contributed by atoms with van der Waals surface area (Å²) in [5, 5.41) is 2.58. The monoisotopic (exact) mass is 618 g/mol. The molecule has 0 bridgehead atoms. The van der Waals surface area contributed by atoms with Crippen LogP contribution in [0.25, 0.3) is 6.08 Å². The van der Waals surface area contributed by atoms with Gasteiger partial charge in [-0.05, 0) is 93.8 Å². The second-order valence-corrected chi connectivity index (χ2v) is 10.5. The van der Waals surface area contributed by atoms with Crippen LogP contribution in [0.4, 0.5) is 14.9 Å². The molecule has 0 saturated carbocycles. The summed E-state index contributed by atoms with van der Waals surface area (Å²) in [5.74, 6) is -0.700. The van der Waals surface area contributed by atoms with Crippen LogP contribution in [-0.2, 0) is 16.2 Å². The van der Waals surface area contributed by atoms with Gasteiger partial charge in [0.2, 0.25) is 5.91 Å². The molecule has 3 aromatic rings. The molecule has 0 aromatic heterocycles. The lowest BCUT2D eigenvalue weighted by Crippen LogP contribution is -2.36. The molecule has 0 atom stereocenters. The van der Waals surface area contributed by atoms with E-state index >= 15 is 0 Å². The van der Waals surface area contributed by atoms with E-state index in [-0.39, 0.29) is 17.3 Å². The lowest BCUT2D eigenvalue weighted by Gasteiger charge is -2.14. The maximum absolute atomic E-state index is 13.5. The van der Waals surface area contributed by atoms with Crippen LogP contribution in [0, 0.1) is 12.7 Å². The molecule has 3 amide bonds. The van der Waals surface area contributed by atoms with Crippen molar-refractivity contribution in [1.29, 1.82) is 0 Å².